The molecular formula is C13H17F3N2. The van der Waals surface area contributed by atoms with Gasteiger partial charge in [0.2, 0.25) is 0 Å². The van der Waals surface area contributed by atoms with E-state index in [9.17, 15) is 13.2 Å². The van der Waals surface area contributed by atoms with Crippen molar-refractivity contribution in [1.29, 1.82) is 0 Å². The topological polar surface area (TPSA) is 24.1 Å². The predicted octanol–water partition coefficient (Wildman–Crippen LogP) is 2.20. The van der Waals surface area contributed by atoms with Crippen LogP contribution in [-0.2, 0) is 12.6 Å². The van der Waals surface area contributed by atoms with Crippen LogP contribution in [0, 0.1) is 0 Å². The maximum absolute atomic E-state index is 12.4. The third-order valence-corrected chi connectivity index (χ3v) is 3.19. The Morgan fingerprint density at radius 2 is 1.83 bits per heavy atom. The van der Waals surface area contributed by atoms with Gasteiger partial charge in [0, 0.05) is 25.7 Å². The SMILES string of the molecule is FC(F)(F)c1ccc(CC[C@H]2CNCCN2)cc1. The summed E-state index contributed by atoms with van der Waals surface area (Å²) in [6.45, 7) is 2.87. The number of rotatable bonds is 3. The van der Waals surface area contributed by atoms with Gasteiger partial charge in [-0.3, -0.25) is 0 Å². The number of aryl methyl sites for hydroxylation is 1. The summed E-state index contributed by atoms with van der Waals surface area (Å²) in [5, 5.41) is 6.67. The highest BCUT2D eigenvalue weighted by atomic mass is 19.4. The van der Waals surface area contributed by atoms with Crippen LogP contribution in [0.4, 0.5) is 13.2 Å². The molecule has 0 saturated carbocycles. The summed E-state index contributed by atoms with van der Waals surface area (Å²) in [5.41, 5.74) is 0.374. The number of nitrogens with one attached hydrogen (secondary N) is 2. The van der Waals surface area contributed by atoms with Gasteiger partial charge in [0.1, 0.15) is 0 Å². The van der Waals surface area contributed by atoms with Crippen molar-refractivity contribution in [3.63, 3.8) is 0 Å². The predicted molar refractivity (Wildman–Crippen MR) is 64.4 cm³/mol. The summed E-state index contributed by atoms with van der Waals surface area (Å²) < 4.78 is 37.1. The van der Waals surface area contributed by atoms with Crippen molar-refractivity contribution >= 4 is 0 Å². The molecule has 0 aromatic heterocycles. The fourth-order valence-electron chi connectivity index (χ4n) is 2.12. The molecule has 1 heterocycles. The Morgan fingerprint density at radius 1 is 1.11 bits per heavy atom. The van der Waals surface area contributed by atoms with Crippen LogP contribution >= 0.6 is 0 Å². The van der Waals surface area contributed by atoms with Crippen LogP contribution in [0.3, 0.4) is 0 Å². The molecule has 1 fully saturated rings. The van der Waals surface area contributed by atoms with Gasteiger partial charge in [0.15, 0.2) is 0 Å². The zero-order valence-corrected chi connectivity index (χ0v) is 10.1. The molecule has 0 bridgehead atoms. The Labute approximate surface area is 105 Å². The van der Waals surface area contributed by atoms with Crippen molar-refractivity contribution in [3.05, 3.63) is 35.4 Å². The number of hydrogen-bond donors (Lipinski definition) is 2. The highest BCUT2D eigenvalue weighted by Crippen LogP contribution is 2.29. The third kappa shape index (κ3) is 3.71. The lowest BCUT2D eigenvalue weighted by molar-refractivity contribution is -0.137. The van der Waals surface area contributed by atoms with E-state index < -0.39 is 11.7 Å². The van der Waals surface area contributed by atoms with E-state index in [0.717, 1.165) is 50.2 Å². The lowest BCUT2D eigenvalue weighted by Crippen LogP contribution is -2.48. The van der Waals surface area contributed by atoms with Crippen LogP contribution in [0.25, 0.3) is 0 Å². The van der Waals surface area contributed by atoms with Gasteiger partial charge in [0.25, 0.3) is 0 Å². The molecule has 0 unspecified atom stereocenters. The molecule has 2 rings (SSSR count). The summed E-state index contributed by atoms with van der Waals surface area (Å²) in [5.74, 6) is 0. The Bertz CT molecular complexity index is 367. The van der Waals surface area contributed by atoms with Gasteiger partial charge in [0.05, 0.1) is 5.56 Å². The molecule has 0 radical (unpaired) electrons. The molecule has 1 saturated heterocycles. The van der Waals surface area contributed by atoms with Crippen LogP contribution < -0.4 is 10.6 Å². The van der Waals surface area contributed by atoms with E-state index in [1.165, 1.54) is 0 Å². The average molecular weight is 258 g/mol. The third-order valence-electron chi connectivity index (χ3n) is 3.19. The fraction of sp³-hybridized carbons (Fsp3) is 0.538. The largest absolute Gasteiger partial charge is 0.416 e. The van der Waals surface area contributed by atoms with Crippen LogP contribution in [0.2, 0.25) is 0 Å². The minimum atomic E-state index is -4.24. The van der Waals surface area contributed by atoms with E-state index in [0.29, 0.717) is 6.04 Å². The van der Waals surface area contributed by atoms with Gasteiger partial charge in [-0.25, -0.2) is 0 Å². The van der Waals surface area contributed by atoms with Crippen LogP contribution in [-0.4, -0.2) is 25.7 Å². The molecule has 0 amide bonds. The molecular weight excluding hydrogens is 241 g/mol. The van der Waals surface area contributed by atoms with E-state index in [1.807, 2.05) is 0 Å². The van der Waals surface area contributed by atoms with E-state index >= 15 is 0 Å². The molecule has 0 spiro atoms. The monoisotopic (exact) mass is 258 g/mol. The molecule has 2 nitrogen and oxygen atoms in total. The van der Waals surface area contributed by atoms with Crippen molar-refractivity contribution in [2.75, 3.05) is 19.6 Å². The number of benzene rings is 1. The van der Waals surface area contributed by atoms with Crippen molar-refractivity contribution in [2.24, 2.45) is 0 Å². The first-order chi connectivity index (χ1) is 8.55. The Balaban J connectivity index is 1.86. The summed E-state index contributed by atoms with van der Waals surface area (Å²) >= 11 is 0. The number of halogens is 3. The Morgan fingerprint density at radius 3 is 2.39 bits per heavy atom. The van der Waals surface area contributed by atoms with Gasteiger partial charge < -0.3 is 10.6 Å². The van der Waals surface area contributed by atoms with E-state index in [1.54, 1.807) is 12.1 Å². The Hall–Kier alpha value is -1.07. The minimum Gasteiger partial charge on any atom is -0.314 e. The molecule has 5 heteroatoms. The second kappa shape index (κ2) is 5.71. The average Bonchev–Trinajstić information content (AvgIpc) is 2.37. The van der Waals surface area contributed by atoms with E-state index in [2.05, 4.69) is 10.6 Å². The zero-order valence-electron chi connectivity index (χ0n) is 10.1. The van der Waals surface area contributed by atoms with Crippen molar-refractivity contribution < 1.29 is 13.2 Å². The van der Waals surface area contributed by atoms with E-state index in [-0.39, 0.29) is 0 Å². The maximum atomic E-state index is 12.4. The summed E-state index contributed by atoms with van der Waals surface area (Å²) in [4.78, 5) is 0. The molecule has 2 N–H and O–H groups in total. The highest BCUT2D eigenvalue weighted by molar-refractivity contribution is 5.24. The minimum absolute atomic E-state index is 0.418. The fourth-order valence-corrected chi connectivity index (χ4v) is 2.12. The summed E-state index contributed by atoms with van der Waals surface area (Å²) in [6.07, 6.45) is -2.50. The summed E-state index contributed by atoms with van der Waals surface area (Å²) in [6, 6.07) is 5.86. The molecule has 1 aliphatic heterocycles. The normalized spacial score (nSPS) is 20.9. The lowest BCUT2D eigenvalue weighted by atomic mass is 10.0. The standard InChI is InChI=1S/C13H17F3N2/c14-13(15,16)11-4-1-10(2-5-11)3-6-12-9-17-7-8-18-12/h1-2,4-5,12,17-18H,3,6-9H2/t12-/m0/s1. The molecule has 0 aliphatic carbocycles. The molecule has 1 aromatic rings. The summed E-state index contributed by atoms with van der Waals surface area (Å²) in [7, 11) is 0. The number of hydrogen-bond acceptors (Lipinski definition) is 2. The quantitative estimate of drug-likeness (QED) is 0.868. The second-order valence-corrected chi connectivity index (χ2v) is 4.59. The van der Waals surface area contributed by atoms with Crippen molar-refractivity contribution in [1.82, 2.24) is 10.6 Å². The first kappa shape index (κ1) is 13.4. The number of alkyl halides is 3. The first-order valence-corrected chi connectivity index (χ1v) is 6.16. The molecule has 1 atom stereocenters. The van der Waals surface area contributed by atoms with Gasteiger partial charge in [-0.2, -0.15) is 13.2 Å². The van der Waals surface area contributed by atoms with Crippen molar-refractivity contribution in [3.8, 4) is 0 Å². The lowest BCUT2D eigenvalue weighted by Gasteiger charge is -2.24. The van der Waals surface area contributed by atoms with E-state index in [4.69, 9.17) is 0 Å². The molecule has 100 valence electrons. The smallest absolute Gasteiger partial charge is 0.314 e. The van der Waals surface area contributed by atoms with Gasteiger partial charge in [-0.15, -0.1) is 0 Å². The zero-order chi connectivity index (χ0) is 13.0. The molecule has 1 aromatic carbocycles. The first-order valence-electron chi connectivity index (χ1n) is 6.16. The number of piperazine rings is 1. The maximum Gasteiger partial charge on any atom is 0.416 e. The molecule has 18 heavy (non-hydrogen) atoms. The highest BCUT2D eigenvalue weighted by Gasteiger charge is 2.29. The van der Waals surface area contributed by atoms with Gasteiger partial charge >= 0.3 is 6.18 Å². The van der Waals surface area contributed by atoms with Crippen LogP contribution in [0.1, 0.15) is 17.5 Å². The van der Waals surface area contributed by atoms with Gasteiger partial charge in [-0.05, 0) is 30.5 Å². The molecule has 1 aliphatic rings. The van der Waals surface area contributed by atoms with Crippen LogP contribution in [0.5, 0.6) is 0 Å². The Kier molecular flexibility index (Phi) is 4.24. The van der Waals surface area contributed by atoms with Gasteiger partial charge in [-0.1, -0.05) is 12.1 Å². The second-order valence-electron chi connectivity index (χ2n) is 4.59. The van der Waals surface area contributed by atoms with Crippen molar-refractivity contribution in [2.45, 2.75) is 25.1 Å². The van der Waals surface area contributed by atoms with Crippen LogP contribution in [0.15, 0.2) is 24.3 Å².